The fraction of sp³-hybridized carbons (Fsp3) is 0.294. The van der Waals surface area contributed by atoms with Gasteiger partial charge in [-0.15, -0.1) is 12.4 Å². The van der Waals surface area contributed by atoms with Gasteiger partial charge in [0.25, 0.3) is 0 Å². The Balaban J connectivity index is 0.00000133. The van der Waals surface area contributed by atoms with Crippen molar-refractivity contribution in [3.8, 4) is 11.1 Å². The van der Waals surface area contributed by atoms with Crippen LogP contribution in [0.25, 0.3) is 11.1 Å². The van der Waals surface area contributed by atoms with Crippen molar-refractivity contribution >= 4 is 12.4 Å². The fourth-order valence-electron chi connectivity index (χ4n) is 2.74. The Hall–Kier alpha value is -1.31. The Bertz CT molecular complexity index is 536. The van der Waals surface area contributed by atoms with Crippen LogP contribution in [0.3, 0.4) is 0 Å². The second-order valence-electron chi connectivity index (χ2n) is 5.13. The van der Waals surface area contributed by atoms with E-state index in [1.54, 1.807) is 0 Å². The molecule has 3 rings (SSSR count). The standard InChI is InChI=1S/C17H19N.ClH/c1-13-12-18-10-9-15-7-8-16(11-17(13)15)14-5-3-2-4-6-14;/h2-8,11,13,18H,9-10,12H2,1H3;1H/t13-;/m0./s1. The lowest BCUT2D eigenvalue weighted by atomic mass is 9.91. The van der Waals surface area contributed by atoms with Crippen LogP contribution in [0, 0.1) is 0 Å². The van der Waals surface area contributed by atoms with Gasteiger partial charge in [0.15, 0.2) is 0 Å². The Morgan fingerprint density at radius 2 is 1.79 bits per heavy atom. The summed E-state index contributed by atoms with van der Waals surface area (Å²) >= 11 is 0. The van der Waals surface area contributed by atoms with Crippen molar-refractivity contribution in [2.75, 3.05) is 13.1 Å². The Morgan fingerprint density at radius 3 is 2.58 bits per heavy atom. The SMILES string of the molecule is C[C@H]1CNCCc2ccc(-c3ccccc3)cc21.Cl. The van der Waals surface area contributed by atoms with Gasteiger partial charge in [-0.3, -0.25) is 0 Å². The van der Waals surface area contributed by atoms with Gasteiger partial charge in [-0.2, -0.15) is 0 Å². The van der Waals surface area contributed by atoms with E-state index in [9.17, 15) is 0 Å². The van der Waals surface area contributed by atoms with Gasteiger partial charge in [0, 0.05) is 6.54 Å². The summed E-state index contributed by atoms with van der Waals surface area (Å²) < 4.78 is 0. The molecule has 0 saturated heterocycles. The van der Waals surface area contributed by atoms with Crippen LogP contribution in [0.2, 0.25) is 0 Å². The molecule has 0 saturated carbocycles. The molecule has 0 aromatic heterocycles. The van der Waals surface area contributed by atoms with E-state index >= 15 is 0 Å². The maximum atomic E-state index is 3.50. The van der Waals surface area contributed by atoms with Gasteiger partial charge < -0.3 is 5.32 Å². The smallest absolute Gasteiger partial charge is 0.00177 e. The molecule has 0 fully saturated rings. The highest BCUT2D eigenvalue weighted by Crippen LogP contribution is 2.28. The van der Waals surface area contributed by atoms with Crippen molar-refractivity contribution in [2.24, 2.45) is 0 Å². The summed E-state index contributed by atoms with van der Waals surface area (Å²) in [5, 5.41) is 3.50. The molecule has 1 heterocycles. The molecule has 0 amide bonds. The molecule has 1 aliphatic rings. The number of rotatable bonds is 1. The monoisotopic (exact) mass is 273 g/mol. The fourth-order valence-corrected chi connectivity index (χ4v) is 2.74. The number of halogens is 1. The summed E-state index contributed by atoms with van der Waals surface area (Å²) in [6, 6.07) is 17.6. The summed E-state index contributed by atoms with van der Waals surface area (Å²) in [6.45, 7) is 4.50. The molecule has 0 spiro atoms. The largest absolute Gasteiger partial charge is 0.316 e. The van der Waals surface area contributed by atoms with E-state index in [4.69, 9.17) is 0 Å². The third kappa shape index (κ3) is 2.99. The molecule has 0 radical (unpaired) electrons. The van der Waals surface area contributed by atoms with Crippen molar-refractivity contribution in [1.29, 1.82) is 0 Å². The molecule has 2 aromatic rings. The van der Waals surface area contributed by atoms with Crippen LogP contribution in [0.5, 0.6) is 0 Å². The van der Waals surface area contributed by atoms with E-state index in [1.165, 1.54) is 22.3 Å². The molecule has 0 aliphatic carbocycles. The van der Waals surface area contributed by atoms with Gasteiger partial charge in [-0.05, 0) is 41.1 Å². The first kappa shape index (κ1) is 14.1. The van der Waals surface area contributed by atoms with Gasteiger partial charge >= 0.3 is 0 Å². The van der Waals surface area contributed by atoms with Crippen LogP contribution < -0.4 is 5.32 Å². The van der Waals surface area contributed by atoms with Crippen LogP contribution in [0.15, 0.2) is 48.5 Å². The van der Waals surface area contributed by atoms with Gasteiger partial charge in [-0.25, -0.2) is 0 Å². The lowest BCUT2D eigenvalue weighted by Gasteiger charge is -2.14. The highest BCUT2D eigenvalue weighted by molar-refractivity contribution is 5.85. The minimum atomic E-state index is 0. The molecule has 0 unspecified atom stereocenters. The lowest BCUT2D eigenvalue weighted by Crippen LogP contribution is -2.18. The first-order valence-corrected chi connectivity index (χ1v) is 6.73. The van der Waals surface area contributed by atoms with Gasteiger partial charge in [0.2, 0.25) is 0 Å². The average Bonchev–Trinajstić information content (AvgIpc) is 2.62. The summed E-state index contributed by atoms with van der Waals surface area (Å²) in [5.41, 5.74) is 5.67. The minimum absolute atomic E-state index is 0. The Morgan fingerprint density at radius 1 is 1.00 bits per heavy atom. The molecule has 1 nitrogen and oxygen atoms in total. The molecular weight excluding hydrogens is 254 g/mol. The van der Waals surface area contributed by atoms with E-state index in [0.29, 0.717) is 5.92 Å². The van der Waals surface area contributed by atoms with Crippen molar-refractivity contribution in [1.82, 2.24) is 5.32 Å². The van der Waals surface area contributed by atoms with E-state index < -0.39 is 0 Å². The average molecular weight is 274 g/mol. The topological polar surface area (TPSA) is 12.0 Å². The van der Waals surface area contributed by atoms with Gasteiger partial charge in [-0.1, -0.05) is 55.5 Å². The number of hydrogen-bond acceptors (Lipinski definition) is 1. The highest BCUT2D eigenvalue weighted by Gasteiger charge is 2.14. The Labute approximate surface area is 121 Å². The van der Waals surface area contributed by atoms with Crippen molar-refractivity contribution in [2.45, 2.75) is 19.3 Å². The van der Waals surface area contributed by atoms with Gasteiger partial charge in [0.1, 0.15) is 0 Å². The van der Waals surface area contributed by atoms with Crippen LogP contribution in [-0.4, -0.2) is 13.1 Å². The third-order valence-corrected chi connectivity index (χ3v) is 3.81. The number of fused-ring (bicyclic) bond motifs is 1. The first-order chi connectivity index (χ1) is 8.84. The molecule has 1 aliphatic heterocycles. The van der Waals surface area contributed by atoms with Crippen molar-refractivity contribution in [3.63, 3.8) is 0 Å². The third-order valence-electron chi connectivity index (χ3n) is 3.81. The summed E-state index contributed by atoms with van der Waals surface area (Å²) in [6.07, 6.45) is 1.15. The second kappa shape index (κ2) is 6.23. The molecule has 19 heavy (non-hydrogen) atoms. The predicted octanol–water partition coefficient (Wildman–Crippen LogP) is 4.02. The maximum Gasteiger partial charge on any atom is 0.00177 e. The first-order valence-electron chi connectivity index (χ1n) is 6.73. The van der Waals surface area contributed by atoms with Crippen molar-refractivity contribution < 1.29 is 0 Å². The quantitative estimate of drug-likeness (QED) is 0.827. The van der Waals surface area contributed by atoms with Gasteiger partial charge in [0.05, 0.1) is 0 Å². The van der Waals surface area contributed by atoms with E-state index in [2.05, 4.69) is 60.8 Å². The van der Waals surface area contributed by atoms with Crippen LogP contribution in [0.1, 0.15) is 24.0 Å². The summed E-state index contributed by atoms with van der Waals surface area (Å²) in [7, 11) is 0. The summed E-state index contributed by atoms with van der Waals surface area (Å²) in [5.74, 6) is 0.603. The second-order valence-corrected chi connectivity index (χ2v) is 5.13. The maximum absolute atomic E-state index is 3.50. The predicted molar refractivity (Wildman–Crippen MR) is 84.1 cm³/mol. The Kier molecular flexibility index (Phi) is 4.62. The van der Waals surface area contributed by atoms with E-state index in [-0.39, 0.29) is 12.4 Å². The molecule has 2 heteroatoms. The molecule has 2 aromatic carbocycles. The van der Waals surface area contributed by atoms with Crippen LogP contribution >= 0.6 is 12.4 Å². The molecular formula is C17H20ClN. The lowest BCUT2D eigenvalue weighted by molar-refractivity contribution is 0.644. The zero-order valence-electron chi connectivity index (χ0n) is 11.2. The normalized spacial score (nSPS) is 18.1. The highest BCUT2D eigenvalue weighted by atomic mass is 35.5. The number of benzene rings is 2. The summed E-state index contributed by atoms with van der Waals surface area (Å²) in [4.78, 5) is 0. The molecule has 1 atom stereocenters. The van der Waals surface area contributed by atoms with Crippen LogP contribution in [-0.2, 0) is 6.42 Å². The van der Waals surface area contributed by atoms with Crippen molar-refractivity contribution in [3.05, 3.63) is 59.7 Å². The molecule has 0 bridgehead atoms. The van der Waals surface area contributed by atoms with Crippen LogP contribution in [0.4, 0.5) is 0 Å². The number of nitrogens with one attached hydrogen (secondary N) is 1. The van der Waals surface area contributed by atoms with E-state index in [0.717, 1.165) is 19.5 Å². The minimum Gasteiger partial charge on any atom is -0.316 e. The molecule has 1 N–H and O–H groups in total. The van der Waals surface area contributed by atoms with E-state index in [1.807, 2.05) is 0 Å². The zero-order chi connectivity index (χ0) is 12.4. The zero-order valence-corrected chi connectivity index (χ0v) is 12.0. The molecule has 100 valence electrons. The number of hydrogen-bond donors (Lipinski definition) is 1.